The molecule has 0 N–H and O–H groups in total. The quantitative estimate of drug-likeness (QED) is 0.211. The Morgan fingerprint density at radius 3 is 1.89 bits per heavy atom. The number of rotatable bonds is 12. The van der Waals surface area contributed by atoms with Crippen LogP contribution in [-0.4, -0.2) is 37.2 Å². The second-order valence-corrected chi connectivity index (χ2v) is 7.06. The van der Waals surface area contributed by atoms with E-state index in [1.165, 1.54) is 31.1 Å². The molecule has 6 nitrogen and oxygen atoms in total. The van der Waals surface area contributed by atoms with Crippen LogP contribution in [0.2, 0.25) is 0 Å². The first kappa shape index (κ1) is 25.6. The van der Waals surface area contributed by atoms with E-state index < -0.39 is 24.0 Å². The predicted molar refractivity (Wildman–Crippen MR) is 109 cm³/mol. The van der Waals surface area contributed by atoms with Crippen molar-refractivity contribution in [3.8, 4) is 0 Å². The molecule has 0 radical (unpaired) electrons. The summed E-state index contributed by atoms with van der Waals surface area (Å²) < 4.78 is 14.9. The van der Waals surface area contributed by atoms with Gasteiger partial charge in [-0.05, 0) is 53.4 Å². The van der Waals surface area contributed by atoms with Crippen LogP contribution < -0.4 is 0 Å². The molecule has 0 rings (SSSR count). The third kappa shape index (κ3) is 15.9. The number of hydrogen-bond acceptors (Lipinski definition) is 6. The van der Waals surface area contributed by atoms with Gasteiger partial charge < -0.3 is 14.2 Å². The number of carbonyl (C=O) groups excluding carboxylic acids is 3. The number of esters is 3. The van der Waals surface area contributed by atoms with Crippen molar-refractivity contribution in [1.29, 1.82) is 0 Å². The molecule has 0 saturated carbocycles. The van der Waals surface area contributed by atoms with Gasteiger partial charge >= 0.3 is 17.9 Å². The first-order valence-corrected chi connectivity index (χ1v) is 9.53. The number of hydrogen-bond donors (Lipinski definition) is 0. The maximum absolute atomic E-state index is 11.9. The van der Waals surface area contributed by atoms with Crippen molar-refractivity contribution in [3.05, 3.63) is 34.9 Å². The Bertz CT molecular complexity index is 609. The lowest BCUT2D eigenvalue weighted by Gasteiger charge is -2.16. The van der Waals surface area contributed by atoms with Crippen LogP contribution in [-0.2, 0) is 28.6 Å². The van der Waals surface area contributed by atoms with Gasteiger partial charge in [0.25, 0.3) is 0 Å². The Morgan fingerprint density at radius 2 is 1.32 bits per heavy atom. The largest absolute Gasteiger partial charge is 0.462 e. The van der Waals surface area contributed by atoms with Gasteiger partial charge in [-0.2, -0.15) is 0 Å². The van der Waals surface area contributed by atoms with Gasteiger partial charge in [-0.3, -0.25) is 9.59 Å². The molecule has 0 aromatic heterocycles. The maximum atomic E-state index is 11.9. The molecule has 6 heteroatoms. The first-order valence-electron chi connectivity index (χ1n) is 9.53. The minimum absolute atomic E-state index is 0.151. The summed E-state index contributed by atoms with van der Waals surface area (Å²) in [5.41, 5.74) is 3.57. The van der Waals surface area contributed by atoms with Crippen LogP contribution in [0.4, 0.5) is 0 Å². The van der Waals surface area contributed by atoms with E-state index in [0.717, 1.165) is 31.3 Å². The Balaban J connectivity index is 4.37. The summed E-state index contributed by atoms with van der Waals surface area (Å²) in [5, 5.41) is 0. The molecule has 0 amide bonds. The molecule has 0 saturated heterocycles. The topological polar surface area (TPSA) is 78.9 Å². The number of carbonyl (C=O) groups is 3. The van der Waals surface area contributed by atoms with Crippen molar-refractivity contribution in [2.24, 2.45) is 0 Å². The molecule has 1 atom stereocenters. The molecule has 0 fully saturated rings. The van der Waals surface area contributed by atoms with Crippen LogP contribution in [0.1, 0.15) is 67.2 Å². The zero-order valence-corrected chi connectivity index (χ0v) is 18.0. The SMILES string of the molecule is CC(=O)OCC(COC(=O)/C=C(\C)CC/C=C(\C)CCC=C(C)C)OC(C)=O. The minimum Gasteiger partial charge on any atom is -0.462 e. The van der Waals surface area contributed by atoms with E-state index in [2.05, 4.69) is 32.9 Å². The summed E-state index contributed by atoms with van der Waals surface area (Å²) in [7, 11) is 0. The van der Waals surface area contributed by atoms with E-state index in [4.69, 9.17) is 14.2 Å². The zero-order chi connectivity index (χ0) is 21.5. The highest BCUT2D eigenvalue weighted by molar-refractivity contribution is 5.82. The lowest BCUT2D eigenvalue weighted by Crippen LogP contribution is -2.29. The van der Waals surface area contributed by atoms with Gasteiger partial charge in [0.2, 0.25) is 0 Å². The van der Waals surface area contributed by atoms with Crippen molar-refractivity contribution in [2.75, 3.05) is 13.2 Å². The summed E-state index contributed by atoms with van der Waals surface area (Å²) in [4.78, 5) is 33.9. The first-order chi connectivity index (χ1) is 13.1. The summed E-state index contributed by atoms with van der Waals surface area (Å²) in [6.45, 7) is 10.3. The molecular weight excluding hydrogens is 360 g/mol. The lowest BCUT2D eigenvalue weighted by atomic mass is 10.1. The van der Waals surface area contributed by atoms with Crippen LogP contribution in [0, 0.1) is 0 Å². The number of ether oxygens (including phenoxy) is 3. The molecule has 0 aromatic carbocycles. The molecule has 0 aromatic rings. The van der Waals surface area contributed by atoms with Crippen LogP contribution in [0.25, 0.3) is 0 Å². The Hall–Kier alpha value is -2.37. The second kappa shape index (κ2) is 14.7. The average molecular weight is 395 g/mol. The molecule has 0 bridgehead atoms. The van der Waals surface area contributed by atoms with Gasteiger partial charge in [-0.25, -0.2) is 4.79 Å². The molecule has 28 heavy (non-hydrogen) atoms. The van der Waals surface area contributed by atoms with Gasteiger partial charge in [0.1, 0.15) is 13.2 Å². The monoisotopic (exact) mass is 394 g/mol. The van der Waals surface area contributed by atoms with Crippen molar-refractivity contribution in [1.82, 2.24) is 0 Å². The molecule has 0 aliphatic heterocycles. The molecule has 0 aliphatic carbocycles. The van der Waals surface area contributed by atoms with Crippen molar-refractivity contribution >= 4 is 17.9 Å². The van der Waals surface area contributed by atoms with Gasteiger partial charge in [-0.1, -0.05) is 28.9 Å². The summed E-state index contributed by atoms with van der Waals surface area (Å²) in [6, 6.07) is 0. The standard InChI is InChI=1S/C22H34O6/c1-16(2)9-7-10-17(3)11-8-12-18(4)13-22(25)27-15-21(28-20(6)24)14-26-19(5)23/h9,11,13,21H,7-8,10,12,14-15H2,1-6H3/b17-11+,18-13+. The highest BCUT2D eigenvalue weighted by Gasteiger charge is 2.16. The molecule has 0 aliphatic rings. The van der Waals surface area contributed by atoms with Gasteiger partial charge in [0.15, 0.2) is 6.10 Å². The van der Waals surface area contributed by atoms with Gasteiger partial charge in [-0.15, -0.1) is 0 Å². The molecule has 0 heterocycles. The van der Waals surface area contributed by atoms with Crippen LogP contribution >= 0.6 is 0 Å². The lowest BCUT2D eigenvalue weighted by molar-refractivity contribution is -0.163. The Labute approximate surface area is 168 Å². The molecular formula is C22H34O6. The van der Waals surface area contributed by atoms with Crippen LogP contribution in [0.5, 0.6) is 0 Å². The summed E-state index contributed by atoms with van der Waals surface area (Å²) in [6.07, 6.45) is 8.74. The third-order valence-corrected chi connectivity index (χ3v) is 3.70. The fourth-order valence-corrected chi connectivity index (χ4v) is 2.29. The second-order valence-electron chi connectivity index (χ2n) is 7.06. The van der Waals surface area contributed by atoms with Crippen LogP contribution in [0.15, 0.2) is 34.9 Å². The normalized spacial score (nSPS) is 12.8. The minimum atomic E-state index is -0.814. The fourth-order valence-electron chi connectivity index (χ4n) is 2.29. The van der Waals surface area contributed by atoms with E-state index in [1.807, 2.05) is 6.92 Å². The number of allylic oxidation sites excluding steroid dienone is 5. The van der Waals surface area contributed by atoms with Gasteiger partial charge in [0, 0.05) is 19.9 Å². The third-order valence-electron chi connectivity index (χ3n) is 3.70. The van der Waals surface area contributed by atoms with E-state index in [1.54, 1.807) is 0 Å². The van der Waals surface area contributed by atoms with Crippen molar-refractivity contribution in [2.45, 2.75) is 73.3 Å². The fraction of sp³-hybridized carbons (Fsp3) is 0.591. The Morgan fingerprint density at radius 1 is 0.750 bits per heavy atom. The average Bonchev–Trinajstić information content (AvgIpc) is 2.56. The van der Waals surface area contributed by atoms with E-state index >= 15 is 0 Å². The highest BCUT2D eigenvalue weighted by Crippen LogP contribution is 2.11. The smallest absolute Gasteiger partial charge is 0.330 e. The van der Waals surface area contributed by atoms with E-state index in [9.17, 15) is 14.4 Å². The molecule has 0 spiro atoms. The molecule has 158 valence electrons. The van der Waals surface area contributed by atoms with Crippen molar-refractivity contribution in [3.63, 3.8) is 0 Å². The highest BCUT2D eigenvalue weighted by atomic mass is 16.6. The van der Waals surface area contributed by atoms with Gasteiger partial charge in [0.05, 0.1) is 0 Å². The maximum Gasteiger partial charge on any atom is 0.330 e. The van der Waals surface area contributed by atoms with Crippen molar-refractivity contribution < 1.29 is 28.6 Å². The van der Waals surface area contributed by atoms with E-state index in [0.29, 0.717) is 0 Å². The van der Waals surface area contributed by atoms with Crippen LogP contribution in [0.3, 0.4) is 0 Å². The molecule has 1 unspecified atom stereocenters. The zero-order valence-electron chi connectivity index (χ0n) is 18.0. The predicted octanol–water partition coefficient (Wildman–Crippen LogP) is 4.44. The van der Waals surface area contributed by atoms with E-state index in [-0.39, 0.29) is 13.2 Å². The Kier molecular flexibility index (Phi) is 13.4. The summed E-state index contributed by atoms with van der Waals surface area (Å²) >= 11 is 0. The summed E-state index contributed by atoms with van der Waals surface area (Å²) in [5.74, 6) is -1.54.